The van der Waals surface area contributed by atoms with Crippen LogP contribution >= 0.6 is 0 Å². The van der Waals surface area contributed by atoms with E-state index in [-0.39, 0.29) is 46.1 Å². The van der Waals surface area contributed by atoms with E-state index >= 15 is 0 Å². The fourth-order valence-corrected chi connectivity index (χ4v) is 6.10. The van der Waals surface area contributed by atoms with Crippen LogP contribution in [0.25, 0.3) is 0 Å². The van der Waals surface area contributed by atoms with E-state index in [9.17, 15) is 34.2 Å². The Bertz CT molecular complexity index is 1620. The number of nitrogens with zero attached hydrogens (tertiary/aromatic N) is 5. The molecular formula is C34H47FN6O10. The first-order chi connectivity index (χ1) is 23.7. The van der Waals surface area contributed by atoms with Crippen LogP contribution in [0.3, 0.4) is 0 Å². The molecule has 0 aromatic heterocycles. The third kappa shape index (κ3) is 9.65. The molecule has 0 aliphatic carbocycles. The van der Waals surface area contributed by atoms with Crippen molar-refractivity contribution in [3.8, 4) is 11.5 Å². The van der Waals surface area contributed by atoms with Crippen LogP contribution in [0.15, 0.2) is 36.4 Å². The monoisotopic (exact) mass is 718 g/mol. The third-order valence-corrected chi connectivity index (χ3v) is 8.52. The Morgan fingerprint density at radius 2 is 1.16 bits per heavy atom. The quantitative estimate of drug-likeness (QED) is 0.315. The van der Waals surface area contributed by atoms with E-state index in [0.717, 1.165) is 63.2 Å². The maximum Gasteiger partial charge on any atom is 0.410 e. The molecule has 16 nitrogen and oxygen atoms in total. The average Bonchev–Trinajstić information content (AvgIpc) is 2.92. The second kappa shape index (κ2) is 14.7. The van der Waals surface area contributed by atoms with E-state index in [2.05, 4.69) is 15.0 Å². The highest BCUT2D eigenvalue weighted by Gasteiger charge is 2.54. The van der Waals surface area contributed by atoms with Gasteiger partial charge in [0.1, 0.15) is 17.0 Å². The molecule has 0 bridgehead atoms. The SMILES string of the molecule is CC(C)(C)OC(=O)N1CC2(CNC2)C1.COc1cc(F)ccc1[N+](=O)[O-].COc1cc(N2CC3(CN(C(=O)OC(C)(C)C)C3)C2)ccc1[N+](=O)[O-]. The molecule has 2 aromatic rings. The fourth-order valence-electron chi connectivity index (χ4n) is 6.10. The van der Waals surface area contributed by atoms with Gasteiger partial charge in [-0.3, -0.25) is 20.2 Å². The smallest absolute Gasteiger partial charge is 0.410 e. The number of carbonyl (C=O) groups excluding carboxylic acids is 2. The zero-order chi connectivity index (χ0) is 37.9. The number of ether oxygens (including phenoxy) is 4. The number of nitrogens with one attached hydrogen (secondary N) is 1. The van der Waals surface area contributed by atoms with Crippen molar-refractivity contribution in [3.63, 3.8) is 0 Å². The first-order valence-corrected chi connectivity index (χ1v) is 16.4. The van der Waals surface area contributed by atoms with Gasteiger partial charge in [-0.1, -0.05) is 0 Å². The van der Waals surface area contributed by atoms with Crippen molar-refractivity contribution in [2.45, 2.75) is 52.7 Å². The van der Waals surface area contributed by atoms with Crippen LogP contribution in [0.1, 0.15) is 41.5 Å². The van der Waals surface area contributed by atoms with Gasteiger partial charge in [0.05, 0.1) is 24.1 Å². The van der Waals surface area contributed by atoms with Crippen molar-refractivity contribution >= 4 is 29.2 Å². The highest BCUT2D eigenvalue weighted by atomic mass is 19.1. The largest absolute Gasteiger partial charge is 0.490 e. The number of amides is 2. The van der Waals surface area contributed by atoms with Crippen molar-refractivity contribution in [1.29, 1.82) is 0 Å². The molecule has 4 heterocycles. The lowest BCUT2D eigenvalue weighted by Gasteiger charge is -2.60. The van der Waals surface area contributed by atoms with Crippen molar-refractivity contribution in [1.82, 2.24) is 15.1 Å². The lowest BCUT2D eigenvalue weighted by Crippen LogP contribution is -2.73. The normalized spacial score (nSPS) is 17.9. The standard InChI is InChI=1S/C17H23N3O5.C10H18N2O2.C7H6FNO3/c1-16(2,3)25-15(21)19-10-17(11-19)8-18(9-17)12-5-6-13(20(22)23)14(7-12)24-4;1-9(2,3)14-8(13)12-6-10(7-12)4-11-5-10;1-12-7-4-5(8)2-3-6(7)9(10)11/h5-7H,8-11H2,1-4H3;11H,4-7H2,1-3H3;2-4H,1H3. The topological polar surface area (TPSA) is 179 Å². The molecule has 4 aliphatic rings. The summed E-state index contributed by atoms with van der Waals surface area (Å²) in [5.74, 6) is -0.370. The van der Waals surface area contributed by atoms with Crippen LogP contribution in [-0.4, -0.2) is 110 Å². The molecule has 0 radical (unpaired) electrons. The number of carbonyl (C=O) groups is 2. The lowest BCUT2D eigenvalue weighted by atomic mass is 9.73. The molecule has 2 aromatic carbocycles. The molecule has 280 valence electrons. The summed E-state index contributed by atoms with van der Waals surface area (Å²) in [6.45, 7) is 18.0. The van der Waals surface area contributed by atoms with Gasteiger partial charge in [0.2, 0.25) is 0 Å². The van der Waals surface area contributed by atoms with Crippen LogP contribution in [0.2, 0.25) is 0 Å². The predicted octanol–water partition coefficient (Wildman–Crippen LogP) is 5.23. The number of nitro groups is 2. The summed E-state index contributed by atoms with van der Waals surface area (Å²) in [5.41, 5.74) is 0.241. The number of hydrogen-bond acceptors (Lipinski definition) is 12. The Kier molecular flexibility index (Phi) is 11.2. The summed E-state index contributed by atoms with van der Waals surface area (Å²) in [5, 5.41) is 24.5. The number of rotatable bonds is 5. The Morgan fingerprint density at radius 3 is 1.55 bits per heavy atom. The van der Waals surface area contributed by atoms with Gasteiger partial charge in [-0.2, -0.15) is 0 Å². The number of anilines is 1. The zero-order valence-electron chi connectivity index (χ0n) is 30.3. The molecule has 0 atom stereocenters. The first kappa shape index (κ1) is 38.9. The molecule has 4 aliphatic heterocycles. The van der Waals surface area contributed by atoms with Gasteiger partial charge in [-0.05, 0) is 53.7 Å². The van der Waals surface area contributed by atoms with Crippen molar-refractivity contribution in [2.75, 3.05) is 71.5 Å². The molecule has 0 unspecified atom stereocenters. The Labute approximate surface area is 296 Å². The van der Waals surface area contributed by atoms with E-state index in [1.54, 1.807) is 21.9 Å². The number of benzene rings is 2. The molecule has 2 amide bonds. The molecule has 4 saturated heterocycles. The molecule has 6 rings (SSSR count). The van der Waals surface area contributed by atoms with E-state index in [1.807, 2.05) is 41.5 Å². The van der Waals surface area contributed by atoms with Gasteiger partial charge >= 0.3 is 23.6 Å². The predicted molar refractivity (Wildman–Crippen MR) is 185 cm³/mol. The number of hydrogen-bond donors (Lipinski definition) is 1. The van der Waals surface area contributed by atoms with E-state index in [1.165, 1.54) is 20.3 Å². The molecule has 2 spiro atoms. The molecule has 51 heavy (non-hydrogen) atoms. The van der Waals surface area contributed by atoms with Gasteiger partial charge in [0, 0.05) is 93.1 Å². The van der Waals surface area contributed by atoms with Crippen LogP contribution in [-0.2, 0) is 9.47 Å². The number of nitro benzene ring substituents is 2. The minimum Gasteiger partial charge on any atom is -0.490 e. The van der Waals surface area contributed by atoms with E-state index < -0.39 is 21.3 Å². The van der Waals surface area contributed by atoms with Crippen LogP contribution in [0, 0.1) is 36.9 Å². The summed E-state index contributed by atoms with van der Waals surface area (Å²) in [7, 11) is 2.68. The summed E-state index contributed by atoms with van der Waals surface area (Å²) < 4.78 is 32.9. The molecule has 17 heteroatoms. The minimum absolute atomic E-state index is 0.0405. The summed E-state index contributed by atoms with van der Waals surface area (Å²) >= 11 is 0. The van der Waals surface area contributed by atoms with Gasteiger partial charge in [0.15, 0.2) is 11.5 Å². The summed E-state index contributed by atoms with van der Waals surface area (Å²) in [6.07, 6.45) is -0.441. The highest BCUT2D eigenvalue weighted by molar-refractivity contribution is 5.71. The highest BCUT2D eigenvalue weighted by Crippen LogP contribution is 2.44. The van der Waals surface area contributed by atoms with Crippen molar-refractivity contribution in [3.05, 3.63) is 62.4 Å². The van der Waals surface area contributed by atoms with Crippen LogP contribution in [0.5, 0.6) is 11.5 Å². The van der Waals surface area contributed by atoms with Crippen molar-refractivity contribution in [2.24, 2.45) is 10.8 Å². The number of methoxy groups -OCH3 is 2. The summed E-state index contributed by atoms with van der Waals surface area (Å²) in [4.78, 5) is 49.4. The Balaban J connectivity index is 0.000000189. The number of halogens is 1. The zero-order valence-corrected chi connectivity index (χ0v) is 30.3. The van der Waals surface area contributed by atoms with E-state index in [0.29, 0.717) is 18.5 Å². The molecule has 4 fully saturated rings. The molecule has 1 N–H and O–H groups in total. The minimum atomic E-state index is -0.627. The average molecular weight is 719 g/mol. The number of likely N-dealkylation sites (tertiary alicyclic amines) is 2. The lowest BCUT2D eigenvalue weighted by molar-refractivity contribution is -0.385. The molecule has 0 saturated carbocycles. The maximum absolute atomic E-state index is 12.5. The van der Waals surface area contributed by atoms with E-state index in [4.69, 9.17) is 14.2 Å². The van der Waals surface area contributed by atoms with Gasteiger partial charge in [-0.25, -0.2) is 14.0 Å². The summed E-state index contributed by atoms with van der Waals surface area (Å²) in [6, 6.07) is 7.94. The van der Waals surface area contributed by atoms with Gasteiger partial charge in [-0.15, -0.1) is 0 Å². The Hall–Kier alpha value is -4.93. The van der Waals surface area contributed by atoms with Gasteiger partial charge in [0.25, 0.3) is 0 Å². The second-order valence-corrected chi connectivity index (χ2v) is 15.3. The van der Waals surface area contributed by atoms with Gasteiger partial charge < -0.3 is 39.0 Å². The van der Waals surface area contributed by atoms with Crippen molar-refractivity contribution < 1.29 is 42.8 Å². The third-order valence-electron chi connectivity index (χ3n) is 8.52. The molecular weight excluding hydrogens is 671 g/mol. The Morgan fingerprint density at radius 1 is 0.725 bits per heavy atom. The maximum atomic E-state index is 12.5. The fraction of sp³-hybridized carbons (Fsp3) is 0.588. The van der Waals surface area contributed by atoms with Crippen LogP contribution in [0.4, 0.5) is 31.0 Å². The first-order valence-electron chi connectivity index (χ1n) is 16.4. The second-order valence-electron chi connectivity index (χ2n) is 15.3. The van der Waals surface area contributed by atoms with Crippen LogP contribution < -0.4 is 19.7 Å².